The van der Waals surface area contributed by atoms with E-state index in [9.17, 15) is 21.6 Å². The zero-order valence-corrected chi connectivity index (χ0v) is 28.1. The van der Waals surface area contributed by atoms with Gasteiger partial charge in [-0.15, -0.1) is 0 Å². The van der Waals surface area contributed by atoms with E-state index in [4.69, 9.17) is 11.6 Å². The Morgan fingerprint density at radius 3 is 2.04 bits per heavy atom. The molecule has 0 heterocycles. The van der Waals surface area contributed by atoms with E-state index in [1.54, 1.807) is 66.7 Å². The van der Waals surface area contributed by atoms with E-state index in [1.165, 1.54) is 46.8 Å². The summed E-state index contributed by atoms with van der Waals surface area (Å²) in [4.78, 5) is 13.8. The molecule has 0 fully saturated rings. The van der Waals surface area contributed by atoms with Crippen LogP contribution in [0.3, 0.4) is 0 Å². The Kier molecular flexibility index (Phi) is 9.23. The second kappa shape index (κ2) is 13.5. The number of halogens is 1. The molecule has 0 atom stereocenters. The largest absolute Gasteiger partial charge is 0.322 e. The van der Waals surface area contributed by atoms with Crippen LogP contribution in [0.4, 0.5) is 17.1 Å². The molecule has 0 saturated carbocycles. The molecular weight excluding hydrogens is 666 g/mol. The van der Waals surface area contributed by atoms with E-state index in [0.29, 0.717) is 22.0 Å². The van der Waals surface area contributed by atoms with Gasteiger partial charge in [0.2, 0.25) is 0 Å². The number of aryl methyl sites for hydroxylation is 1. The molecule has 0 saturated heterocycles. The zero-order chi connectivity index (χ0) is 33.9. The second-order valence-electron chi connectivity index (χ2n) is 11.1. The lowest BCUT2D eigenvalue weighted by Crippen LogP contribution is -2.32. The van der Waals surface area contributed by atoms with Gasteiger partial charge in [-0.2, -0.15) is 0 Å². The highest BCUT2D eigenvalue weighted by Gasteiger charge is 2.29. The maximum Gasteiger partial charge on any atom is 0.264 e. The van der Waals surface area contributed by atoms with Gasteiger partial charge in [-0.3, -0.25) is 13.8 Å². The fraction of sp³-hybridized carbons (Fsp3) is 0.0541. The Hall–Kier alpha value is -5.16. The Labute approximate surface area is 284 Å². The minimum Gasteiger partial charge on any atom is -0.322 e. The highest BCUT2D eigenvalue weighted by molar-refractivity contribution is 7.93. The molecular formula is C37H30ClN3O5S2. The van der Waals surface area contributed by atoms with E-state index >= 15 is 0 Å². The quantitative estimate of drug-likeness (QED) is 0.150. The Morgan fingerprint density at radius 1 is 0.688 bits per heavy atom. The normalized spacial score (nSPS) is 11.6. The van der Waals surface area contributed by atoms with Crippen LogP contribution in [0.5, 0.6) is 0 Å². The van der Waals surface area contributed by atoms with E-state index in [2.05, 4.69) is 10.0 Å². The Bertz CT molecular complexity index is 2320. The van der Waals surface area contributed by atoms with Crippen molar-refractivity contribution in [3.63, 3.8) is 0 Å². The summed E-state index contributed by atoms with van der Waals surface area (Å²) in [6.45, 7) is 1.80. The molecule has 6 aromatic rings. The van der Waals surface area contributed by atoms with Crippen LogP contribution in [-0.2, 0) is 26.6 Å². The molecule has 8 nitrogen and oxygen atoms in total. The van der Waals surface area contributed by atoms with Gasteiger partial charge in [0.05, 0.1) is 33.3 Å². The number of carbonyl (C=O) groups is 1. The van der Waals surface area contributed by atoms with Crippen molar-refractivity contribution in [3.05, 3.63) is 161 Å². The van der Waals surface area contributed by atoms with Crippen molar-refractivity contribution in [2.24, 2.45) is 0 Å². The van der Waals surface area contributed by atoms with Crippen molar-refractivity contribution >= 4 is 65.4 Å². The van der Waals surface area contributed by atoms with Crippen LogP contribution in [0.15, 0.2) is 149 Å². The number of hydrogen-bond donors (Lipinski definition) is 2. The summed E-state index contributed by atoms with van der Waals surface area (Å²) in [7, 11) is -8.07. The van der Waals surface area contributed by atoms with Gasteiger partial charge >= 0.3 is 0 Å². The van der Waals surface area contributed by atoms with E-state index in [-0.39, 0.29) is 27.6 Å². The molecule has 0 spiro atoms. The van der Waals surface area contributed by atoms with Gasteiger partial charge in [-0.25, -0.2) is 16.8 Å². The number of para-hydroxylation sites is 1. The van der Waals surface area contributed by atoms with Gasteiger partial charge < -0.3 is 5.32 Å². The summed E-state index contributed by atoms with van der Waals surface area (Å²) in [5.74, 6) is -0.574. The second-order valence-corrected chi connectivity index (χ2v) is 15.1. The van der Waals surface area contributed by atoms with Crippen molar-refractivity contribution in [1.29, 1.82) is 0 Å². The number of sulfonamides is 2. The first-order chi connectivity index (χ1) is 23.0. The highest BCUT2D eigenvalue weighted by Crippen LogP contribution is 2.31. The van der Waals surface area contributed by atoms with Crippen molar-refractivity contribution in [2.75, 3.05) is 14.3 Å². The molecule has 0 bridgehead atoms. The number of rotatable bonds is 10. The number of anilines is 3. The number of hydrogen-bond acceptors (Lipinski definition) is 5. The van der Waals surface area contributed by atoms with Crippen molar-refractivity contribution < 1.29 is 21.6 Å². The van der Waals surface area contributed by atoms with Crippen molar-refractivity contribution in [1.82, 2.24) is 0 Å². The molecule has 0 aliphatic carbocycles. The third-order valence-electron chi connectivity index (χ3n) is 7.72. The minimum absolute atomic E-state index is 0.00663. The predicted molar refractivity (Wildman–Crippen MR) is 192 cm³/mol. The molecule has 242 valence electrons. The number of amides is 1. The van der Waals surface area contributed by atoms with Crippen LogP contribution >= 0.6 is 11.6 Å². The third kappa shape index (κ3) is 7.06. The van der Waals surface area contributed by atoms with Gasteiger partial charge in [0.1, 0.15) is 0 Å². The van der Waals surface area contributed by atoms with Gasteiger partial charge in [-0.05, 0) is 84.6 Å². The van der Waals surface area contributed by atoms with Gasteiger partial charge in [0, 0.05) is 16.1 Å². The van der Waals surface area contributed by atoms with Crippen molar-refractivity contribution in [2.45, 2.75) is 23.3 Å². The van der Waals surface area contributed by atoms with Crippen LogP contribution in [0.1, 0.15) is 21.5 Å². The molecule has 2 N–H and O–H groups in total. The summed E-state index contributed by atoms with van der Waals surface area (Å²) in [5.41, 5.74) is 2.62. The molecule has 0 aromatic heterocycles. The minimum atomic E-state index is -4.12. The zero-order valence-electron chi connectivity index (χ0n) is 25.7. The topological polar surface area (TPSA) is 113 Å². The maximum atomic E-state index is 14.1. The number of nitrogens with zero attached hydrogens (tertiary/aromatic N) is 1. The van der Waals surface area contributed by atoms with Gasteiger partial charge in [0.15, 0.2) is 0 Å². The summed E-state index contributed by atoms with van der Waals surface area (Å²) >= 11 is 6.08. The molecule has 0 aliphatic rings. The number of nitrogens with one attached hydrogen (secondary N) is 2. The molecule has 0 aliphatic heterocycles. The van der Waals surface area contributed by atoms with Gasteiger partial charge in [-0.1, -0.05) is 90.0 Å². The van der Waals surface area contributed by atoms with Crippen LogP contribution in [-0.4, -0.2) is 22.7 Å². The predicted octanol–water partition coefficient (Wildman–Crippen LogP) is 8.25. The fourth-order valence-corrected chi connectivity index (χ4v) is 7.89. The molecule has 1 amide bonds. The SMILES string of the molecule is Cc1ccc(S(=O)(=O)N(Cc2ccc(Cl)cc2)c2ccccc2C(=O)Nc2ccc(S(=O)(=O)Nc3cccc4ccccc34)cc2)cc1. The first kappa shape index (κ1) is 32.8. The Morgan fingerprint density at radius 2 is 1.31 bits per heavy atom. The van der Waals surface area contributed by atoms with E-state index in [1.807, 2.05) is 37.3 Å². The average molecular weight is 696 g/mol. The fourth-order valence-electron chi connectivity index (χ4n) is 5.21. The Balaban J connectivity index is 1.28. The van der Waals surface area contributed by atoms with Crippen molar-refractivity contribution in [3.8, 4) is 0 Å². The van der Waals surface area contributed by atoms with E-state index < -0.39 is 26.0 Å². The lowest BCUT2D eigenvalue weighted by molar-refractivity contribution is 0.102. The third-order valence-corrected chi connectivity index (χ3v) is 11.1. The molecule has 11 heteroatoms. The lowest BCUT2D eigenvalue weighted by Gasteiger charge is -2.27. The smallest absolute Gasteiger partial charge is 0.264 e. The summed E-state index contributed by atoms with van der Waals surface area (Å²) < 4.78 is 58.5. The van der Waals surface area contributed by atoms with Crippen LogP contribution in [0.25, 0.3) is 10.8 Å². The van der Waals surface area contributed by atoms with Gasteiger partial charge in [0.25, 0.3) is 26.0 Å². The first-order valence-corrected chi connectivity index (χ1v) is 18.2. The highest BCUT2D eigenvalue weighted by atomic mass is 35.5. The molecule has 6 aromatic carbocycles. The molecule has 6 rings (SSSR count). The average Bonchev–Trinajstić information content (AvgIpc) is 3.08. The number of carbonyl (C=O) groups excluding carboxylic acids is 1. The summed E-state index contributed by atoms with van der Waals surface area (Å²) in [6.07, 6.45) is 0. The molecule has 0 unspecified atom stereocenters. The van der Waals surface area contributed by atoms with Crippen LogP contribution in [0.2, 0.25) is 5.02 Å². The summed E-state index contributed by atoms with van der Waals surface area (Å²) in [5, 5.41) is 4.95. The monoisotopic (exact) mass is 695 g/mol. The molecule has 0 radical (unpaired) electrons. The molecule has 48 heavy (non-hydrogen) atoms. The maximum absolute atomic E-state index is 14.1. The lowest BCUT2D eigenvalue weighted by atomic mass is 10.1. The van der Waals surface area contributed by atoms with Crippen LogP contribution < -0.4 is 14.3 Å². The standard InChI is InChI=1S/C37H30ClN3O5S2/c1-26-13-21-32(22-14-26)48(45,46)41(25-27-15-17-29(38)18-16-27)36-12-5-4-10-34(36)37(42)39-30-19-23-31(24-20-30)47(43,44)40-35-11-6-8-28-7-2-3-9-33(28)35/h2-24,40H,25H2,1H3,(H,39,42). The first-order valence-electron chi connectivity index (χ1n) is 14.9. The summed E-state index contributed by atoms with van der Waals surface area (Å²) in [6, 6.07) is 38.3. The number of fused-ring (bicyclic) bond motifs is 1. The van der Waals surface area contributed by atoms with Crippen LogP contribution in [0, 0.1) is 6.92 Å². The number of benzene rings is 6. The van der Waals surface area contributed by atoms with E-state index in [0.717, 1.165) is 16.3 Å².